The lowest BCUT2D eigenvalue weighted by Crippen LogP contribution is -2.53. The third-order valence-electron chi connectivity index (χ3n) is 9.17. The number of carbonyl (C=O) groups is 3. The van der Waals surface area contributed by atoms with Crippen LogP contribution in [0.5, 0.6) is 0 Å². The molecule has 2 aliphatic rings. The van der Waals surface area contributed by atoms with E-state index in [0.717, 1.165) is 45.4 Å². The Hall–Kier alpha value is -3.67. The van der Waals surface area contributed by atoms with Crippen molar-refractivity contribution >= 4 is 29.2 Å². The van der Waals surface area contributed by atoms with Crippen molar-refractivity contribution in [2.75, 3.05) is 19.0 Å². The van der Waals surface area contributed by atoms with E-state index in [1.54, 1.807) is 34.6 Å². The Morgan fingerprint density at radius 1 is 1.22 bits per heavy atom. The summed E-state index contributed by atoms with van der Waals surface area (Å²) in [5.74, 6) is -1.61. The van der Waals surface area contributed by atoms with Crippen LogP contribution in [-0.2, 0) is 38.9 Å². The second kappa shape index (κ2) is 13.2. The van der Waals surface area contributed by atoms with E-state index in [4.69, 9.17) is 24.7 Å². The Kier molecular flexibility index (Phi) is 10.1. The maximum atomic E-state index is 17.3. The minimum absolute atomic E-state index is 0.0592. The highest BCUT2D eigenvalue weighted by Gasteiger charge is 2.69. The van der Waals surface area contributed by atoms with E-state index in [2.05, 4.69) is 15.4 Å². The number of esters is 2. The quantitative estimate of drug-likeness (QED) is 0.360. The number of hydrogen-bond acceptors (Lipinski definition) is 11. The predicted molar refractivity (Wildman–Crippen MR) is 164 cm³/mol. The lowest BCUT2D eigenvalue weighted by Gasteiger charge is -2.33. The normalized spacial score (nSPS) is 26.3. The molecule has 1 aliphatic carbocycles. The number of alkyl halides is 1. The molecular weight excluding hydrogens is 599 g/mol. The lowest BCUT2D eigenvalue weighted by molar-refractivity contribution is -0.165. The summed E-state index contributed by atoms with van der Waals surface area (Å²) in [4.78, 5) is 43.0. The number of fused-ring (bicyclic) bond motifs is 1. The maximum Gasteiger partial charge on any atom is 0.323 e. The largest absolute Gasteiger partial charge is 0.463 e. The van der Waals surface area contributed by atoms with Gasteiger partial charge in [-0.1, -0.05) is 40.0 Å². The van der Waals surface area contributed by atoms with E-state index in [-0.39, 0.29) is 29.4 Å². The second-order valence-corrected chi connectivity index (χ2v) is 13.9. The van der Waals surface area contributed by atoms with Gasteiger partial charge in [0.15, 0.2) is 17.6 Å². The van der Waals surface area contributed by atoms with Gasteiger partial charge in [-0.3, -0.25) is 14.4 Å². The van der Waals surface area contributed by atoms with Gasteiger partial charge in [0.1, 0.15) is 42.3 Å². The molecule has 0 unspecified atom stereocenters. The van der Waals surface area contributed by atoms with E-state index in [1.165, 1.54) is 23.8 Å². The number of anilines is 1. The molecule has 3 heterocycles. The van der Waals surface area contributed by atoms with Crippen molar-refractivity contribution in [2.45, 2.75) is 115 Å². The highest BCUT2D eigenvalue weighted by Crippen LogP contribution is 2.51. The molecule has 3 N–H and O–H groups in total. The van der Waals surface area contributed by atoms with Crippen LogP contribution in [0.15, 0.2) is 18.5 Å². The fourth-order valence-corrected chi connectivity index (χ4v) is 5.83. The molecule has 0 aromatic carbocycles. The summed E-state index contributed by atoms with van der Waals surface area (Å²) in [5, 5.41) is 17.5. The number of amides is 1. The average Bonchev–Trinajstić information content (AvgIpc) is 3.53. The van der Waals surface area contributed by atoms with Crippen molar-refractivity contribution in [1.82, 2.24) is 14.6 Å². The van der Waals surface area contributed by atoms with Crippen molar-refractivity contribution in [1.29, 1.82) is 5.26 Å². The molecule has 0 bridgehead atoms. The van der Waals surface area contributed by atoms with E-state index in [1.807, 2.05) is 6.07 Å². The van der Waals surface area contributed by atoms with Gasteiger partial charge < -0.3 is 30.0 Å². The number of aromatic nitrogens is 3. The average molecular weight is 645 g/mol. The summed E-state index contributed by atoms with van der Waals surface area (Å²) >= 11 is 0. The number of ether oxygens (including phenoxy) is 4. The summed E-state index contributed by atoms with van der Waals surface area (Å²) < 4.78 is 41.2. The molecular formula is C32H45FN6O7. The van der Waals surface area contributed by atoms with Crippen LogP contribution in [0.25, 0.3) is 5.52 Å². The smallest absolute Gasteiger partial charge is 0.323 e. The zero-order chi connectivity index (χ0) is 34.1. The predicted octanol–water partition coefficient (Wildman–Crippen LogP) is 3.74. The summed E-state index contributed by atoms with van der Waals surface area (Å²) in [6, 6.07) is 3.74. The van der Waals surface area contributed by atoms with E-state index >= 15 is 4.39 Å². The van der Waals surface area contributed by atoms with Gasteiger partial charge in [-0.25, -0.2) is 13.9 Å². The Balaban J connectivity index is 1.70. The lowest BCUT2D eigenvalue weighted by atomic mass is 9.81. The highest BCUT2D eigenvalue weighted by molar-refractivity contribution is 5.98. The summed E-state index contributed by atoms with van der Waals surface area (Å²) in [6.07, 6.45) is 3.36. The molecule has 46 heavy (non-hydrogen) atoms. The Labute approximate surface area is 268 Å². The molecule has 13 nitrogen and oxygen atoms in total. The molecule has 0 spiro atoms. The van der Waals surface area contributed by atoms with Crippen molar-refractivity contribution in [3.63, 3.8) is 0 Å². The molecule has 2 aromatic heterocycles. The third kappa shape index (κ3) is 6.72. The van der Waals surface area contributed by atoms with Gasteiger partial charge >= 0.3 is 11.9 Å². The Morgan fingerprint density at radius 3 is 2.50 bits per heavy atom. The van der Waals surface area contributed by atoms with E-state index in [9.17, 15) is 19.6 Å². The minimum atomic E-state index is -2.70. The van der Waals surface area contributed by atoms with Crippen LogP contribution >= 0.6 is 0 Å². The Bertz CT molecular complexity index is 1490. The molecule has 1 aliphatic heterocycles. The highest BCUT2D eigenvalue weighted by atomic mass is 19.1. The van der Waals surface area contributed by atoms with Crippen LogP contribution in [0.2, 0.25) is 0 Å². The molecule has 2 aromatic rings. The van der Waals surface area contributed by atoms with Gasteiger partial charge in [0.2, 0.25) is 5.60 Å². The molecule has 4 rings (SSSR count). The number of carbonyl (C=O) groups excluding carboxylic acids is 3. The van der Waals surface area contributed by atoms with Crippen LogP contribution in [0, 0.1) is 22.7 Å². The van der Waals surface area contributed by atoms with Gasteiger partial charge in [0, 0.05) is 13.5 Å². The zero-order valence-corrected chi connectivity index (χ0v) is 27.6. The first-order valence-corrected chi connectivity index (χ1v) is 15.6. The van der Waals surface area contributed by atoms with Gasteiger partial charge in [-0.05, 0) is 57.1 Å². The summed E-state index contributed by atoms with van der Waals surface area (Å²) in [7, 11) is 1.39. The van der Waals surface area contributed by atoms with Crippen molar-refractivity contribution in [3.05, 3.63) is 24.2 Å². The SMILES string of the molecule is COC(C)(C)C(=O)Nc1ncnn2c([C@]3(C#N)O[C@H](COC(=O)CC4CCCCC4)[C@@H](OC(=O)[C@@H](N)C(C)(C)C)[C@@]3(C)F)ccc12. The van der Waals surface area contributed by atoms with Crippen LogP contribution < -0.4 is 11.1 Å². The summed E-state index contributed by atoms with van der Waals surface area (Å²) in [6.45, 7) is 8.97. The van der Waals surface area contributed by atoms with Crippen molar-refractivity contribution in [3.8, 4) is 6.07 Å². The summed E-state index contributed by atoms with van der Waals surface area (Å²) in [5.41, 5.74) is -0.691. The number of nitrogens with zero attached hydrogens (tertiary/aromatic N) is 4. The van der Waals surface area contributed by atoms with E-state index in [0.29, 0.717) is 0 Å². The standard InChI is InChI=1S/C32H45FN6O7/c1-29(2,3)24(35)27(41)45-25-21(16-44-23(40)15-19-11-9-8-10-12-19)46-32(17-34,31(25,6)33)22-14-13-20-26(36-18-37-39(20)22)38-28(42)30(4,5)43-7/h13-14,18-19,21,24-25H,8-12,15-16,35H2,1-7H3,(H,36,37,38,42)/t21-,24-,25-,31-,32+/m1/s1. The number of nitriles is 1. The monoisotopic (exact) mass is 644 g/mol. The minimum Gasteiger partial charge on any atom is -0.463 e. The van der Waals surface area contributed by atoms with Crippen LogP contribution in [0.4, 0.5) is 10.2 Å². The Morgan fingerprint density at radius 2 is 1.89 bits per heavy atom. The van der Waals surface area contributed by atoms with E-state index < -0.39 is 65.0 Å². The molecule has 5 atom stereocenters. The zero-order valence-electron chi connectivity index (χ0n) is 27.6. The number of nitrogens with two attached hydrogens (primary N) is 1. The van der Waals surface area contributed by atoms with Gasteiger partial charge in [0.25, 0.3) is 5.91 Å². The molecule has 252 valence electrons. The van der Waals surface area contributed by atoms with Gasteiger partial charge in [-0.15, -0.1) is 0 Å². The topological polar surface area (TPSA) is 180 Å². The molecule has 1 saturated carbocycles. The van der Waals surface area contributed by atoms with Crippen molar-refractivity contribution in [2.24, 2.45) is 17.1 Å². The number of hydrogen-bond donors (Lipinski definition) is 2. The number of nitrogens with one attached hydrogen (secondary N) is 1. The van der Waals surface area contributed by atoms with Gasteiger partial charge in [-0.2, -0.15) is 10.4 Å². The van der Waals surface area contributed by atoms with Gasteiger partial charge in [0.05, 0.1) is 5.69 Å². The molecule has 2 fully saturated rings. The van der Waals surface area contributed by atoms with Crippen LogP contribution in [0.3, 0.4) is 0 Å². The fraction of sp³-hybridized carbons (Fsp3) is 0.688. The van der Waals surface area contributed by atoms with Crippen LogP contribution in [-0.4, -0.2) is 75.7 Å². The first kappa shape index (κ1) is 35.2. The fourth-order valence-electron chi connectivity index (χ4n) is 5.83. The van der Waals surface area contributed by atoms with Crippen molar-refractivity contribution < 1.29 is 37.7 Å². The number of halogens is 1. The molecule has 1 amide bonds. The maximum absolute atomic E-state index is 17.3. The van der Waals surface area contributed by atoms with Crippen LogP contribution in [0.1, 0.15) is 85.8 Å². The molecule has 1 saturated heterocycles. The first-order chi connectivity index (χ1) is 21.5. The second-order valence-electron chi connectivity index (χ2n) is 13.9. The first-order valence-electron chi connectivity index (χ1n) is 15.6. The molecule has 14 heteroatoms. The number of rotatable bonds is 10. The molecule has 0 radical (unpaired) electrons. The number of methoxy groups -OCH3 is 1. The third-order valence-corrected chi connectivity index (χ3v) is 9.17.